The summed E-state index contributed by atoms with van der Waals surface area (Å²) in [6, 6.07) is 3.96. The summed E-state index contributed by atoms with van der Waals surface area (Å²) in [6.45, 7) is 4.19. The van der Waals surface area contributed by atoms with Crippen LogP contribution in [0.1, 0.15) is 31.9 Å². The number of halogens is 1. The van der Waals surface area contributed by atoms with Gasteiger partial charge in [-0.3, -0.25) is 0 Å². The fourth-order valence-corrected chi connectivity index (χ4v) is 2.25. The van der Waals surface area contributed by atoms with Gasteiger partial charge >= 0.3 is 0 Å². The average Bonchev–Trinajstić information content (AvgIpc) is 2.65. The third-order valence-electron chi connectivity index (χ3n) is 2.60. The first-order chi connectivity index (χ1) is 7.76. The van der Waals surface area contributed by atoms with Gasteiger partial charge in [0.1, 0.15) is 5.76 Å². The molecule has 1 atom stereocenters. The lowest BCUT2D eigenvalue weighted by Crippen LogP contribution is -2.23. The monoisotopic (exact) mass is 337 g/mol. The summed E-state index contributed by atoms with van der Waals surface area (Å²) in [5.41, 5.74) is 0. The standard InChI is InChI=1S/C12H20INO2/c1-2-3-10(6-7-15)8-14-9-11-4-5-12(13)16-11/h4-5,10,14-15H,2-3,6-9H2,1H3. The number of hydrogen-bond acceptors (Lipinski definition) is 3. The number of aliphatic hydroxyl groups excluding tert-OH is 1. The maximum Gasteiger partial charge on any atom is 0.164 e. The highest BCUT2D eigenvalue weighted by atomic mass is 127. The molecular formula is C12H20INO2. The molecule has 0 aliphatic rings. The minimum Gasteiger partial charge on any atom is -0.454 e. The molecule has 0 radical (unpaired) electrons. The molecule has 2 N–H and O–H groups in total. The molecule has 1 aromatic heterocycles. The Bertz CT molecular complexity index is 282. The lowest BCUT2D eigenvalue weighted by Gasteiger charge is -2.14. The van der Waals surface area contributed by atoms with Crippen LogP contribution in [0.4, 0.5) is 0 Å². The van der Waals surface area contributed by atoms with E-state index in [0.717, 1.165) is 29.0 Å². The Kier molecular flexibility index (Phi) is 7.07. The first-order valence-electron chi connectivity index (χ1n) is 5.82. The lowest BCUT2D eigenvalue weighted by atomic mass is 10.0. The number of aliphatic hydroxyl groups is 1. The van der Waals surface area contributed by atoms with Gasteiger partial charge in [-0.1, -0.05) is 13.3 Å². The first-order valence-corrected chi connectivity index (χ1v) is 6.90. The lowest BCUT2D eigenvalue weighted by molar-refractivity contribution is 0.247. The molecule has 1 aromatic rings. The normalized spacial score (nSPS) is 12.9. The number of hydrogen-bond donors (Lipinski definition) is 2. The van der Waals surface area contributed by atoms with E-state index in [1.54, 1.807) is 0 Å². The van der Waals surface area contributed by atoms with Crippen molar-refractivity contribution in [2.24, 2.45) is 5.92 Å². The van der Waals surface area contributed by atoms with Gasteiger partial charge in [-0.25, -0.2) is 0 Å². The zero-order chi connectivity index (χ0) is 11.8. The molecule has 0 spiro atoms. The van der Waals surface area contributed by atoms with Crippen molar-refractivity contribution in [3.63, 3.8) is 0 Å². The van der Waals surface area contributed by atoms with Crippen molar-refractivity contribution in [1.82, 2.24) is 5.32 Å². The molecule has 0 aromatic carbocycles. The highest BCUT2D eigenvalue weighted by Gasteiger charge is 2.07. The molecule has 3 nitrogen and oxygen atoms in total. The van der Waals surface area contributed by atoms with Crippen molar-refractivity contribution < 1.29 is 9.52 Å². The van der Waals surface area contributed by atoms with Crippen LogP contribution in [0.3, 0.4) is 0 Å². The van der Waals surface area contributed by atoms with E-state index in [1.165, 1.54) is 12.8 Å². The molecule has 0 amide bonds. The van der Waals surface area contributed by atoms with E-state index in [9.17, 15) is 0 Å². The van der Waals surface area contributed by atoms with Gasteiger partial charge in [0.2, 0.25) is 0 Å². The maximum atomic E-state index is 8.94. The zero-order valence-corrected chi connectivity index (χ0v) is 11.9. The summed E-state index contributed by atoms with van der Waals surface area (Å²) in [5.74, 6) is 1.55. The van der Waals surface area contributed by atoms with Gasteiger partial charge in [0.05, 0.1) is 6.54 Å². The van der Waals surface area contributed by atoms with Gasteiger partial charge in [-0.2, -0.15) is 0 Å². The molecule has 0 saturated heterocycles. The summed E-state index contributed by atoms with van der Waals surface area (Å²) >= 11 is 2.16. The van der Waals surface area contributed by atoms with Crippen LogP contribution in [-0.4, -0.2) is 18.3 Å². The Morgan fingerprint density at radius 1 is 1.44 bits per heavy atom. The minimum absolute atomic E-state index is 0.283. The SMILES string of the molecule is CCCC(CCO)CNCc1ccc(I)o1. The summed E-state index contributed by atoms with van der Waals surface area (Å²) in [7, 11) is 0. The molecule has 0 saturated carbocycles. The van der Waals surface area contributed by atoms with Gasteiger partial charge in [0, 0.05) is 6.61 Å². The fraction of sp³-hybridized carbons (Fsp3) is 0.667. The highest BCUT2D eigenvalue weighted by molar-refractivity contribution is 14.1. The quantitative estimate of drug-likeness (QED) is 0.717. The number of furan rings is 1. The second-order valence-electron chi connectivity index (χ2n) is 4.00. The third kappa shape index (κ3) is 5.32. The van der Waals surface area contributed by atoms with E-state index in [0.29, 0.717) is 5.92 Å². The number of nitrogens with one attached hydrogen (secondary N) is 1. The minimum atomic E-state index is 0.283. The van der Waals surface area contributed by atoms with Gasteiger partial charge < -0.3 is 14.8 Å². The van der Waals surface area contributed by atoms with Gasteiger partial charge in [0.25, 0.3) is 0 Å². The molecule has 1 unspecified atom stereocenters. The molecular weight excluding hydrogens is 317 g/mol. The van der Waals surface area contributed by atoms with Crippen LogP contribution in [0.15, 0.2) is 16.5 Å². The fourth-order valence-electron chi connectivity index (χ4n) is 1.79. The van der Waals surface area contributed by atoms with Crippen molar-refractivity contribution in [1.29, 1.82) is 0 Å². The predicted molar refractivity (Wildman–Crippen MR) is 73.2 cm³/mol. The van der Waals surface area contributed by atoms with Crippen LogP contribution in [0, 0.1) is 9.68 Å². The van der Waals surface area contributed by atoms with Crippen LogP contribution in [0.5, 0.6) is 0 Å². The smallest absolute Gasteiger partial charge is 0.164 e. The topological polar surface area (TPSA) is 45.4 Å². The number of rotatable bonds is 8. The average molecular weight is 337 g/mol. The summed E-state index contributed by atoms with van der Waals surface area (Å²) in [5, 5.41) is 12.3. The predicted octanol–water partition coefficient (Wildman–Crippen LogP) is 2.77. The highest BCUT2D eigenvalue weighted by Crippen LogP contribution is 2.12. The van der Waals surface area contributed by atoms with E-state index in [2.05, 4.69) is 34.8 Å². The molecule has 1 heterocycles. The van der Waals surface area contributed by atoms with Crippen LogP contribution < -0.4 is 5.32 Å². The second kappa shape index (κ2) is 8.08. The molecule has 16 heavy (non-hydrogen) atoms. The van der Waals surface area contributed by atoms with E-state index < -0.39 is 0 Å². The molecule has 92 valence electrons. The van der Waals surface area contributed by atoms with Crippen LogP contribution in [0.25, 0.3) is 0 Å². The van der Waals surface area contributed by atoms with Crippen LogP contribution in [-0.2, 0) is 6.54 Å². The van der Waals surface area contributed by atoms with E-state index >= 15 is 0 Å². The van der Waals surface area contributed by atoms with Crippen molar-refractivity contribution in [2.75, 3.05) is 13.2 Å². The van der Waals surface area contributed by atoms with Crippen LogP contribution >= 0.6 is 22.6 Å². The van der Waals surface area contributed by atoms with Crippen LogP contribution in [0.2, 0.25) is 0 Å². The molecule has 4 heteroatoms. The van der Waals surface area contributed by atoms with Gasteiger partial charge in [0.15, 0.2) is 3.77 Å². The van der Waals surface area contributed by atoms with E-state index in [1.807, 2.05) is 12.1 Å². The summed E-state index contributed by atoms with van der Waals surface area (Å²) in [4.78, 5) is 0. The Labute approximate surface area is 111 Å². The molecule has 0 bridgehead atoms. The Morgan fingerprint density at radius 2 is 2.25 bits per heavy atom. The Morgan fingerprint density at radius 3 is 2.81 bits per heavy atom. The van der Waals surface area contributed by atoms with Crippen molar-refractivity contribution in [3.05, 3.63) is 21.7 Å². The van der Waals surface area contributed by atoms with Crippen molar-refractivity contribution >= 4 is 22.6 Å². The largest absolute Gasteiger partial charge is 0.454 e. The van der Waals surface area contributed by atoms with E-state index in [-0.39, 0.29) is 6.61 Å². The second-order valence-corrected chi connectivity index (χ2v) is 5.07. The van der Waals surface area contributed by atoms with E-state index in [4.69, 9.17) is 9.52 Å². The first kappa shape index (κ1) is 14.0. The third-order valence-corrected chi connectivity index (χ3v) is 3.18. The van der Waals surface area contributed by atoms with Crippen molar-refractivity contribution in [2.45, 2.75) is 32.7 Å². The van der Waals surface area contributed by atoms with Crippen molar-refractivity contribution in [3.8, 4) is 0 Å². The molecule has 0 aliphatic heterocycles. The molecule has 0 aliphatic carbocycles. The summed E-state index contributed by atoms with van der Waals surface area (Å²) in [6.07, 6.45) is 3.23. The summed E-state index contributed by atoms with van der Waals surface area (Å²) < 4.78 is 6.39. The maximum absolute atomic E-state index is 8.94. The van der Waals surface area contributed by atoms with Gasteiger partial charge in [-0.05, 0) is 60.0 Å². The Balaban J connectivity index is 2.21. The molecule has 0 fully saturated rings. The zero-order valence-electron chi connectivity index (χ0n) is 9.71. The van der Waals surface area contributed by atoms with Gasteiger partial charge in [-0.15, -0.1) is 0 Å². The Hall–Kier alpha value is -0.0700. The molecule has 1 rings (SSSR count).